The van der Waals surface area contributed by atoms with Gasteiger partial charge in [-0.15, -0.1) is 0 Å². The zero-order valence-electron chi connectivity index (χ0n) is 16.2. The molecule has 1 fully saturated rings. The summed E-state index contributed by atoms with van der Waals surface area (Å²) in [6.45, 7) is 8.43. The Hall–Kier alpha value is -2.93. The summed E-state index contributed by atoms with van der Waals surface area (Å²) in [7, 11) is 0. The average molecular weight is 380 g/mol. The van der Waals surface area contributed by atoms with E-state index in [1.165, 1.54) is 0 Å². The minimum absolute atomic E-state index is 0.0523. The Morgan fingerprint density at radius 2 is 2.00 bits per heavy atom. The molecule has 0 unspecified atom stereocenters. The molecule has 3 aromatic rings. The van der Waals surface area contributed by atoms with Gasteiger partial charge in [0.05, 0.1) is 35.0 Å². The minimum atomic E-state index is -0.175. The van der Waals surface area contributed by atoms with Crippen LogP contribution in [0, 0.1) is 6.92 Å². The lowest BCUT2D eigenvalue weighted by atomic mass is 10.1. The summed E-state index contributed by atoms with van der Waals surface area (Å²) >= 11 is 0. The number of aryl methyl sites for hydroxylation is 1. The third-order valence-electron chi connectivity index (χ3n) is 5.39. The molecule has 0 aromatic carbocycles. The maximum absolute atomic E-state index is 13.1. The van der Waals surface area contributed by atoms with E-state index in [1.54, 1.807) is 35.2 Å². The summed E-state index contributed by atoms with van der Waals surface area (Å²) < 4.78 is 6.92. The van der Waals surface area contributed by atoms with Crippen LogP contribution in [0.4, 0.5) is 0 Å². The second-order valence-corrected chi connectivity index (χ2v) is 7.11. The fourth-order valence-corrected chi connectivity index (χ4v) is 3.65. The van der Waals surface area contributed by atoms with Crippen LogP contribution in [-0.4, -0.2) is 58.0 Å². The third kappa shape index (κ3) is 3.45. The maximum Gasteiger partial charge on any atom is 0.260 e. The van der Waals surface area contributed by atoms with Gasteiger partial charge in [-0.3, -0.25) is 14.6 Å². The molecule has 1 saturated heterocycles. The molecule has 0 bridgehead atoms. The lowest BCUT2D eigenvalue weighted by Gasteiger charge is -2.34. The molecule has 146 valence electrons. The smallest absolute Gasteiger partial charge is 0.260 e. The number of pyridine rings is 2. The fourth-order valence-electron chi connectivity index (χ4n) is 3.65. The van der Waals surface area contributed by atoms with Gasteiger partial charge in [-0.25, -0.2) is 0 Å². The van der Waals surface area contributed by atoms with Gasteiger partial charge in [-0.2, -0.15) is 0 Å². The number of carbonyl (C=O) groups is 1. The Kier molecular flexibility index (Phi) is 5.00. The number of likely N-dealkylation sites (N-methyl/N-ethyl adjacent to an activating group) is 1. The molecule has 0 radical (unpaired) electrons. The van der Waals surface area contributed by atoms with Gasteiger partial charge in [-0.05, 0) is 37.7 Å². The van der Waals surface area contributed by atoms with Crippen LogP contribution in [0.3, 0.4) is 0 Å². The summed E-state index contributed by atoms with van der Waals surface area (Å²) in [4.78, 5) is 34.7. The van der Waals surface area contributed by atoms with E-state index >= 15 is 0 Å². The van der Waals surface area contributed by atoms with Crippen molar-refractivity contribution in [3.63, 3.8) is 0 Å². The van der Waals surface area contributed by atoms with Crippen molar-refractivity contribution in [3.05, 3.63) is 64.1 Å². The quantitative estimate of drug-likeness (QED) is 0.693. The lowest BCUT2D eigenvalue weighted by molar-refractivity contribution is 0.0642. The molecule has 28 heavy (non-hydrogen) atoms. The van der Waals surface area contributed by atoms with Crippen molar-refractivity contribution >= 4 is 16.8 Å². The molecule has 4 heterocycles. The van der Waals surface area contributed by atoms with Crippen molar-refractivity contribution < 1.29 is 9.21 Å². The van der Waals surface area contributed by atoms with Gasteiger partial charge in [0.15, 0.2) is 0 Å². The number of hydrogen-bond acceptors (Lipinski definition) is 5. The Morgan fingerprint density at radius 1 is 1.21 bits per heavy atom. The normalized spacial score (nSPS) is 15.3. The predicted molar refractivity (Wildman–Crippen MR) is 107 cm³/mol. The number of furan rings is 1. The van der Waals surface area contributed by atoms with Gasteiger partial charge in [0.2, 0.25) is 0 Å². The van der Waals surface area contributed by atoms with Crippen molar-refractivity contribution in [1.82, 2.24) is 19.4 Å². The van der Waals surface area contributed by atoms with Gasteiger partial charge < -0.3 is 18.8 Å². The van der Waals surface area contributed by atoms with E-state index in [2.05, 4.69) is 16.8 Å². The number of carbonyl (C=O) groups excluding carboxylic acids is 1. The zero-order chi connectivity index (χ0) is 19.7. The van der Waals surface area contributed by atoms with Crippen LogP contribution in [0.1, 0.15) is 28.7 Å². The van der Waals surface area contributed by atoms with E-state index < -0.39 is 0 Å². The first-order chi connectivity index (χ1) is 13.6. The number of amides is 1. The standard InChI is InChI=1S/C21H24N4O3/c1-3-23-8-10-24(11-9-23)20(26)17-13-18-19(22-15(17)2)6-7-25(21(18)27)14-16-5-4-12-28-16/h4-7,12-13H,3,8-11,14H2,1-2H3. The van der Waals surface area contributed by atoms with Gasteiger partial charge >= 0.3 is 0 Å². The lowest BCUT2D eigenvalue weighted by Crippen LogP contribution is -2.48. The molecule has 1 aliphatic heterocycles. The van der Waals surface area contributed by atoms with Crippen molar-refractivity contribution in [2.24, 2.45) is 0 Å². The summed E-state index contributed by atoms with van der Waals surface area (Å²) in [6, 6.07) is 7.13. The molecular formula is C21H24N4O3. The first-order valence-corrected chi connectivity index (χ1v) is 9.61. The molecular weight excluding hydrogens is 356 g/mol. The molecule has 1 amide bonds. The van der Waals surface area contributed by atoms with E-state index in [0.717, 1.165) is 19.6 Å². The zero-order valence-corrected chi connectivity index (χ0v) is 16.2. The molecule has 7 heteroatoms. The second-order valence-electron chi connectivity index (χ2n) is 7.11. The average Bonchev–Trinajstić information content (AvgIpc) is 3.22. The van der Waals surface area contributed by atoms with Crippen LogP contribution in [0.25, 0.3) is 10.9 Å². The topological polar surface area (TPSA) is 71.6 Å². The predicted octanol–water partition coefficient (Wildman–Crippen LogP) is 2.12. The third-order valence-corrected chi connectivity index (χ3v) is 5.39. The molecule has 0 saturated carbocycles. The monoisotopic (exact) mass is 380 g/mol. The molecule has 3 aromatic heterocycles. The van der Waals surface area contributed by atoms with Crippen LogP contribution in [0.15, 0.2) is 45.9 Å². The Labute approximate surface area is 163 Å². The van der Waals surface area contributed by atoms with Crippen molar-refractivity contribution in [2.75, 3.05) is 32.7 Å². The SMILES string of the molecule is CCN1CCN(C(=O)c2cc3c(=O)n(Cc4ccco4)ccc3nc2C)CC1. The number of hydrogen-bond donors (Lipinski definition) is 0. The highest BCUT2D eigenvalue weighted by atomic mass is 16.3. The molecule has 1 aliphatic rings. The maximum atomic E-state index is 13.1. The summed E-state index contributed by atoms with van der Waals surface area (Å²) in [5.74, 6) is 0.648. The highest BCUT2D eigenvalue weighted by Crippen LogP contribution is 2.17. The highest BCUT2D eigenvalue weighted by Gasteiger charge is 2.23. The van der Waals surface area contributed by atoms with Crippen LogP contribution in [-0.2, 0) is 6.54 Å². The minimum Gasteiger partial charge on any atom is -0.467 e. The molecule has 4 rings (SSSR count). The summed E-state index contributed by atoms with van der Waals surface area (Å²) in [5.41, 5.74) is 1.58. The first-order valence-electron chi connectivity index (χ1n) is 9.61. The molecule has 0 spiro atoms. The Morgan fingerprint density at radius 3 is 2.68 bits per heavy atom. The van der Waals surface area contributed by atoms with E-state index in [-0.39, 0.29) is 11.5 Å². The van der Waals surface area contributed by atoms with Crippen LogP contribution in [0.5, 0.6) is 0 Å². The fraction of sp³-hybridized carbons (Fsp3) is 0.381. The van der Waals surface area contributed by atoms with Crippen molar-refractivity contribution in [2.45, 2.75) is 20.4 Å². The summed E-state index contributed by atoms with van der Waals surface area (Å²) in [5, 5.41) is 0.454. The molecule has 0 N–H and O–H groups in total. The van der Waals surface area contributed by atoms with Crippen molar-refractivity contribution in [1.29, 1.82) is 0 Å². The van der Waals surface area contributed by atoms with E-state index in [9.17, 15) is 9.59 Å². The number of fused-ring (bicyclic) bond motifs is 1. The van der Waals surface area contributed by atoms with Crippen molar-refractivity contribution in [3.8, 4) is 0 Å². The van der Waals surface area contributed by atoms with Gasteiger partial charge in [0, 0.05) is 32.4 Å². The molecule has 0 atom stereocenters. The van der Waals surface area contributed by atoms with Crippen LogP contribution in [0.2, 0.25) is 0 Å². The largest absolute Gasteiger partial charge is 0.467 e. The Bertz CT molecular complexity index is 1050. The van der Waals surface area contributed by atoms with Crippen LogP contribution >= 0.6 is 0 Å². The number of rotatable bonds is 4. The van der Waals surface area contributed by atoms with E-state index in [0.29, 0.717) is 47.6 Å². The second kappa shape index (κ2) is 7.59. The first kappa shape index (κ1) is 18.4. The van der Waals surface area contributed by atoms with Gasteiger partial charge in [-0.1, -0.05) is 6.92 Å². The van der Waals surface area contributed by atoms with Crippen LogP contribution < -0.4 is 5.56 Å². The molecule has 0 aliphatic carbocycles. The van der Waals surface area contributed by atoms with E-state index in [4.69, 9.17) is 4.42 Å². The van der Waals surface area contributed by atoms with E-state index in [1.807, 2.05) is 17.9 Å². The Balaban J connectivity index is 1.67. The summed E-state index contributed by atoms with van der Waals surface area (Å²) in [6.07, 6.45) is 3.30. The van der Waals surface area contributed by atoms with Gasteiger partial charge in [0.25, 0.3) is 11.5 Å². The van der Waals surface area contributed by atoms with Gasteiger partial charge in [0.1, 0.15) is 5.76 Å². The number of piperazine rings is 1. The number of nitrogens with zero attached hydrogens (tertiary/aromatic N) is 4. The highest BCUT2D eigenvalue weighted by molar-refractivity contribution is 5.98. The number of aromatic nitrogens is 2. The molecule has 7 nitrogen and oxygen atoms in total.